The van der Waals surface area contributed by atoms with Gasteiger partial charge in [0.2, 0.25) is 29.5 Å². The van der Waals surface area contributed by atoms with E-state index in [0.717, 1.165) is 22.0 Å². The van der Waals surface area contributed by atoms with Crippen LogP contribution >= 0.6 is 0 Å². The predicted octanol–water partition coefficient (Wildman–Crippen LogP) is 1.24. The number of hydrogen-bond acceptors (Lipinski definition) is 8. The van der Waals surface area contributed by atoms with E-state index >= 15 is 0 Å². The van der Waals surface area contributed by atoms with Crippen molar-refractivity contribution in [1.82, 2.24) is 36.2 Å². The van der Waals surface area contributed by atoms with Crippen molar-refractivity contribution in [3.8, 4) is 0 Å². The fourth-order valence-corrected chi connectivity index (χ4v) is 6.21. The topological polar surface area (TPSA) is 256 Å². The van der Waals surface area contributed by atoms with Crippen LogP contribution in [0.2, 0.25) is 0 Å². The summed E-state index contributed by atoms with van der Waals surface area (Å²) in [5.41, 5.74) is 20.1. The first kappa shape index (κ1) is 41.2. The summed E-state index contributed by atoms with van der Waals surface area (Å²) >= 11 is 0. The molecular weight excluding hydrogens is 688 g/mol. The van der Waals surface area contributed by atoms with Crippen LogP contribution in [0.1, 0.15) is 63.3 Å². The number of nitrogens with two attached hydrogens (primary N) is 3. The summed E-state index contributed by atoms with van der Waals surface area (Å²) in [6.45, 7) is 6.22. The van der Waals surface area contributed by atoms with E-state index in [-0.39, 0.29) is 32.1 Å². The summed E-state index contributed by atoms with van der Waals surface area (Å²) in [4.78, 5) is 78.0. The van der Waals surface area contributed by atoms with Gasteiger partial charge in [-0.2, -0.15) is 0 Å². The Labute approximate surface area is 315 Å². The molecule has 4 aromatic rings. The van der Waals surface area contributed by atoms with Gasteiger partial charge in [-0.1, -0.05) is 69.3 Å². The van der Waals surface area contributed by atoms with Crippen LogP contribution in [0, 0.1) is 5.41 Å². The number of unbranched alkanes of at least 4 members (excludes halogenated alkanes) is 1. The number of benzene rings is 2. The zero-order valence-electron chi connectivity index (χ0n) is 31.2. The molecule has 2 heterocycles. The van der Waals surface area contributed by atoms with Crippen molar-refractivity contribution in [2.24, 2.45) is 22.6 Å². The number of aromatic nitrogens is 3. The van der Waals surface area contributed by atoms with Crippen molar-refractivity contribution in [3.05, 3.63) is 90.1 Å². The Hall–Kier alpha value is -5.54. The fraction of sp³-hybridized carbons (Fsp3) is 0.436. The highest BCUT2D eigenvalue weighted by atomic mass is 16.2. The molecule has 2 aromatic carbocycles. The van der Waals surface area contributed by atoms with Crippen molar-refractivity contribution in [3.63, 3.8) is 0 Å². The summed E-state index contributed by atoms with van der Waals surface area (Å²) in [5.74, 6) is -3.08. The molecule has 0 spiro atoms. The van der Waals surface area contributed by atoms with Crippen LogP contribution in [0.3, 0.4) is 0 Å². The molecule has 15 nitrogen and oxygen atoms in total. The van der Waals surface area contributed by atoms with E-state index in [2.05, 4.69) is 36.2 Å². The van der Waals surface area contributed by atoms with Crippen molar-refractivity contribution in [1.29, 1.82) is 0 Å². The van der Waals surface area contributed by atoms with Crippen molar-refractivity contribution >= 4 is 40.4 Å². The number of carbonyl (C=O) groups excluding carboxylic acids is 5. The SMILES string of the molecule is CC(C)(C)C[C@H](NC(=O)[C@@H](N)Cc1cnc[nH]1)C(=O)N[C@@H](Cc1c[nH]c2ccccc12)C(=O)N[C@H](Cc1ccccc1)C(=O)N[C@@H](CCCCN)C(N)=O. The lowest BCUT2D eigenvalue weighted by Gasteiger charge is -2.29. The molecule has 5 atom stereocenters. The minimum absolute atomic E-state index is 0.0553. The second-order valence-electron chi connectivity index (χ2n) is 14.8. The molecule has 0 aliphatic carbocycles. The van der Waals surface area contributed by atoms with E-state index < -0.39 is 65.2 Å². The molecule has 0 fully saturated rings. The first-order chi connectivity index (χ1) is 25.7. The van der Waals surface area contributed by atoms with Crippen LogP contribution in [-0.2, 0) is 43.2 Å². The first-order valence-corrected chi connectivity index (χ1v) is 18.3. The largest absolute Gasteiger partial charge is 0.368 e. The highest BCUT2D eigenvalue weighted by Crippen LogP contribution is 2.22. The molecule has 0 saturated carbocycles. The maximum absolute atomic E-state index is 14.4. The molecule has 5 amide bonds. The summed E-state index contributed by atoms with van der Waals surface area (Å²) in [6.07, 6.45) is 6.89. The zero-order valence-corrected chi connectivity index (χ0v) is 31.2. The molecule has 0 saturated heterocycles. The minimum atomic E-state index is -1.18. The number of nitrogens with one attached hydrogen (secondary N) is 6. The average Bonchev–Trinajstić information content (AvgIpc) is 3.80. The summed E-state index contributed by atoms with van der Waals surface area (Å²) in [7, 11) is 0. The lowest BCUT2D eigenvalue weighted by atomic mass is 9.87. The van der Waals surface area contributed by atoms with Gasteiger partial charge >= 0.3 is 0 Å². The number of primary amides is 1. The standard InChI is InChI=1S/C39H54N10O5/c1-39(2,3)20-33(49-35(51)28(41)19-26-22-43-23-45-26)38(54)48-32(18-25-21-44-29-14-8-7-13-27(25)29)37(53)47-31(17-24-11-5-4-6-12-24)36(52)46-30(34(42)50)15-9-10-16-40/h4-8,11-14,21-23,28,30-33,44H,9-10,15-20,40-41H2,1-3H3,(H2,42,50)(H,43,45)(H,46,52)(H,47,53)(H,48,54)(H,49,51)/t28-,30-,31+,32-,33-/m0/s1. The number of nitrogens with zero attached hydrogens (tertiary/aromatic N) is 1. The lowest BCUT2D eigenvalue weighted by molar-refractivity contribution is -0.134. The highest BCUT2D eigenvalue weighted by molar-refractivity contribution is 5.96. The number of aromatic amines is 2. The maximum atomic E-state index is 14.4. The van der Waals surface area contributed by atoms with Gasteiger partial charge in [0.05, 0.1) is 12.4 Å². The van der Waals surface area contributed by atoms with Gasteiger partial charge in [0.1, 0.15) is 24.2 Å². The molecular formula is C39H54N10O5. The Morgan fingerprint density at radius 3 is 1.98 bits per heavy atom. The number of rotatable bonds is 20. The molecule has 0 bridgehead atoms. The predicted molar refractivity (Wildman–Crippen MR) is 206 cm³/mol. The number of amides is 5. The van der Waals surface area contributed by atoms with Crippen molar-refractivity contribution in [2.75, 3.05) is 6.54 Å². The van der Waals surface area contributed by atoms with Gasteiger partial charge < -0.3 is 48.4 Å². The zero-order chi connectivity index (χ0) is 39.3. The third kappa shape index (κ3) is 12.6. The highest BCUT2D eigenvalue weighted by Gasteiger charge is 2.34. The molecule has 0 radical (unpaired) electrons. The Morgan fingerprint density at radius 1 is 0.741 bits per heavy atom. The van der Waals surface area contributed by atoms with E-state index in [4.69, 9.17) is 17.2 Å². The Bertz CT molecular complexity index is 1840. The molecule has 15 heteroatoms. The first-order valence-electron chi connectivity index (χ1n) is 18.3. The van der Waals surface area contributed by atoms with Crippen LogP contribution in [0.5, 0.6) is 0 Å². The number of carbonyl (C=O) groups is 5. The van der Waals surface area contributed by atoms with E-state index in [1.165, 1.54) is 6.33 Å². The molecule has 0 aliphatic rings. The fourth-order valence-electron chi connectivity index (χ4n) is 6.21. The third-order valence-corrected chi connectivity index (χ3v) is 9.04. The monoisotopic (exact) mass is 742 g/mol. The van der Waals surface area contributed by atoms with Gasteiger partial charge in [-0.15, -0.1) is 0 Å². The third-order valence-electron chi connectivity index (χ3n) is 9.04. The molecule has 0 aliphatic heterocycles. The summed E-state index contributed by atoms with van der Waals surface area (Å²) in [5, 5.41) is 12.1. The average molecular weight is 743 g/mol. The maximum Gasteiger partial charge on any atom is 0.243 e. The summed E-state index contributed by atoms with van der Waals surface area (Å²) < 4.78 is 0. The second-order valence-corrected chi connectivity index (χ2v) is 14.8. The summed E-state index contributed by atoms with van der Waals surface area (Å²) in [6, 6.07) is 11.4. The van der Waals surface area contributed by atoms with E-state index in [0.29, 0.717) is 25.1 Å². The smallest absolute Gasteiger partial charge is 0.243 e. The second kappa shape index (κ2) is 19.5. The van der Waals surface area contributed by atoms with Gasteiger partial charge in [-0.05, 0) is 54.8 Å². The Balaban J connectivity index is 1.62. The molecule has 12 N–H and O–H groups in total. The molecule has 4 rings (SSSR count). The van der Waals surface area contributed by atoms with E-state index in [1.54, 1.807) is 12.4 Å². The van der Waals surface area contributed by atoms with Crippen LogP contribution in [0.15, 0.2) is 73.3 Å². The number of para-hydroxylation sites is 1. The number of hydrogen-bond donors (Lipinski definition) is 9. The molecule has 2 aromatic heterocycles. The van der Waals surface area contributed by atoms with Crippen LogP contribution < -0.4 is 38.5 Å². The quantitative estimate of drug-likeness (QED) is 0.0594. The number of H-pyrrole nitrogens is 2. The van der Waals surface area contributed by atoms with Gasteiger partial charge in [-0.3, -0.25) is 24.0 Å². The molecule has 54 heavy (non-hydrogen) atoms. The molecule has 0 unspecified atom stereocenters. The number of fused-ring (bicyclic) bond motifs is 1. The van der Waals surface area contributed by atoms with E-state index in [9.17, 15) is 24.0 Å². The number of imidazole rings is 1. The van der Waals surface area contributed by atoms with Gasteiger partial charge in [0.25, 0.3) is 0 Å². The lowest BCUT2D eigenvalue weighted by Crippen LogP contribution is -2.60. The van der Waals surface area contributed by atoms with Crippen molar-refractivity contribution < 1.29 is 24.0 Å². The van der Waals surface area contributed by atoms with Crippen molar-refractivity contribution in [2.45, 2.75) is 95.9 Å². The minimum Gasteiger partial charge on any atom is -0.368 e. The van der Waals surface area contributed by atoms with Crippen LogP contribution in [0.4, 0.5) is 0 Å². The van der Waals surface area contributed by atoms with Crippen LogP contribution in [0.25, 0.3) is 10.9 Å². The van der Waals surface area contributed by atoms with E-state index in [1.807, 2.05) is 75.4 Å². The van der Waals surface area contributed by atoms with Crippen LogP contribution in [-0.4, -0.2) is 81.2 Å². The van der Waals surface area contributed by atoms with Gasteiger partial charge in [0.15, 0.2) is 0 Å². The molecule has 290 valence electrons. The Morgan fingerprint density at radius 2 is 1.35 bits per heavy atom. The Kier molecular flexibility index (Phi) is 14.9. The van der Waals surface area contributed by atoms with Gasteiger partial charge in [0, 0.05) is 48.3 Å². The van der Waals surface area contributed by atoms with Gasteiger partial charge in [-0.25, -0.2) is 4.98 Å². The normalized spacial score (nSPS) is 14.3.